The zero-order valence-corrected chi connectivity index (χ0v) is 13.3. The summed E-state index contributed by atoms with van der Waals surface area (Å²) in [6.45, 7) is 1.71. The Labute approximate surface area is 122 Å². The second kappa shape index (κ2) is 7.12. The van der Waals surface area contributed by atoms with E-state index in [2.05, 4.69) is 20.8 Å². The number of benzene rings is 1. The maximum Gasteiger partial charge on any atom is 0.253 e. The number of hydrogen-bond acceptors (Lipinski definition) is 2. The van der Waals surface area contributed by atoms with Crippen LogP contribution < -0.4 is 0 Å². The Morgan fingerprint density at radius 1 is 1.22 bits per heavy atom. The quantitative estimate of drug-likeness (QED) is 0.826. The largest absolute Gasteiger partial charge is 0.342 e. The summed E-state index contributed by atoms with van der Waals surface area (Å²) in [7, 11) is 5.86. The van der Waals surface area contributed by atoms with Crippen molar-refractivity contribution < 1.29 is 4.79 Å². The summed E-state index contributed by atoms with van der Waals surface area (Å²) in [4.78, 5) is 16.0. The van der Waals surface area contributed by atoms with Gasteiger partial charge in [-0.15, -0.1) is 0 Å². The van der Waals surface area contributed by atoms with Crippen molar-refractivity contribution >= 4 is 33.4 Å². The number of rotatable bonds is 5. The first-order chi connectivity index (χ1) is 8.40. The lowest BCUT2D eigenvalue weighted by molar-refractivity contribution is 0.0790. The number of hydrogen-bond donors (Lipinski definition) is 0. The molecule has 1 rings (SSSR count). The van der Waals surface area contributed by atoms with Gasteiger partial charge < -0.3 is 9.80 Å². The molecule has 0 fully saturated rings. The molecule has 0 bridgehead atoms. The maximum absolute atomic E-state index is 12.2. The van der Waals surface area contributed by atoms with E-state index in [0.29, 0.717) is 10.6 Å². The summed E-state index contributed by atoms with van der Waals surface area (Å²) in [6.07, 6.45) is 0.955. The van der Waals surface area contributed by atoms with E-state index in [1.165, 1.54) is 0 Å². The van der Waals surface area contributed by atoms with Gasteiger partial charge in [0.25, 0.3) is 5.91 Å². The van der Waals surface area contributed by atoms with Gasteiger partial charge in [0.1, 0.15) is 0 Å². The molecule has 0 aliphatic rings. The van der Waals surface area contributed by atoms with E-state index in [9.17, 15) is 4.79 Å². The highest BCUT2D eigenvalue weighted by Crippen LogP contribution is 2.20. The number of amides is 1. The summed E-state index contributed by atoms with van der Waals surface area (Å²) in [5, 5.41) is 0.564. The van der Waals surface area contributed by atoms with E-state index >= 15 is 0 Å². The summed E-state index contributed by atoms with van der Waals surface area (Å²) in [5.74, 6) is -0.00282. The number of halogens is 2. The molecule has 0 unspecified atom stereocenters. The number of carbonyl (C=O) groups excluding carboxylic acids is 1. The lowest BCUT2D eigenvalue weighted by atomic mass is 10.2. The third-order valence-corrected chi connectivity index (χ3v) is 3.23. The Kier molecular flexibility index (Phi) is 6.12. The first-order valence-electron chi connectivity index (χ1n) is 5.76. The molecular formula is C13H18BrClN2O. The molecule has 0 spiro atoms. The third kappa shape index (κ3) is 4.96. The fourth-order valence-corrected chi connectivity index (χ4v) is 2.48. The molecule has 1 amide bonds. The highest BCUT2D eigenvalue weighted by molar-refractivity contribution is 9.10. The molecule has 1 aromatic rings. The average molecular weight is 334 g/mol. The van der Waals surface area contributed by atoms with E-state index in [-0.39, 0.29) is 5.91 Å². The van der Waals surface area contributed by atoms with Crippen molar-refractivity contribution in [2.45, 2.75) is 6.42 Å². The first kappa shape index (κ1) is 15.5. The minimum Gasteiger partial charge on any atom is -0.342 e. The first-order valence-corrected chi connectivity index (χ1v) is 6.93. The molecule has 0 heterocycles. The predicted octanol–water partition coefficient (Wildman–Crippen LogP) is 3.13. The molecule has 100 valence electrons. The van der Waals surface area contributed by atoms with E-state index in [1.807, 2.05) is 21.1 Å². The van der Waals surface area contributed by atoms with Crippen LogP contribution in [0.5, 0.6) is 0 Å². The average Bonchev–Trinajstić information content (AvgIpc) is 2.26. The molecule has 0 aliphatic carbocycles. The smallest absolute Gasteiger partial charge is 0.253 e. The van der Waals surface area contributed by atoms with Gasteiger partial charge in [0.2, 0.25) is 0 Å². The van der Waals surface area contributed by atoms with Gasteiger partial charge in [-0.2, -0.15) is 0 Å². The molecule has 0 aliphatic heterocycles. The van der Waals surface area contributed by atoms with Crippen LogP contribution in [-0.4, -0.2) is 49.9 Å². The van der Waals surface area contributed by atoms with Crippen LogP contribution in [0.3, 0.4) is 0 Å². The molecule has 18 heavy (non-hydrogen) atoms. The van der Waals surface area contributed by atoms with Crippen molar-refractivity contribution in [3.8, 4) is 0 Å². The second-order valence-corrected chi connectivity index (χ2v) is 5.89. The minimum absolute atomic E-state index is 0.00282. The Bertz CT molecular complexity index is 403. The molecule has 3 nitrogen and oxygen atoms in total. The molecular weight excluding hydrogens is 316 g/mol. The molecule has 5 heteroatoms. The van der Waals surface area contributed by atoms with Gasteiger partial charge in [0, 0.05) is 28.7 Å². The Morgan fingerprint density at radius 2 is 1.89 bits per heavy atom. The number of carbonyl (C=O) groups is 1. The van der Waals surface area contributed by atoms with Crippen molar-refractivity contribution in [1.29, 1.82) is 0 Å². The van der Waals surface area contributed by atoms with Crippen LogP contribution in [0, 0.1) is 0 Å². The SMILES string of the molecule is CN(C)CCCN(C)C(=O)c1cc(Cl)cc(Br)c1. The summed E-state index contributed by atoms with van der Waals surface area (Å²) < 4.78 is 0.819. The van der Waals surface area contributed by atoms with Gasteiger partial charge >= 0.3 is 0 Å². The fraction of sp³-hybridized carbons (Fsp3) is 0.462. The zero-order chi connectivity index (χ0) is 13.7. The van der Waals surface area contributed by atoms with Crippen LogP contribution in [0.25, 0.3) is 0 Å². The maximum atomic E-state index is 12.2. The lowest BCUT2D eigenvalue weighted by Gasteiger charge is -2.18. The van der Waals surface area contributed by atoms with Gasteiger partial charge in [-0.1, -0.05) is 27.5 Å². The van der Waals surface area contributed by atoms with E-state index in [1.54, 1.807) is 23.1 Å². The number of nitrogens with zero attached hydrogens (tertiary/aromatic N) is 2. The van der Waals surface area contributed by atoms with Crippen LogP contribution in [-0.2, 0) is 0 Å². The highest BCUT2D eigenvalue weighted by atomic mass is 79.9. The normalized spacial score (nSPS) is 10.8. The van der Waals surface area contributed by atoms with Gasteiger partial charge in [-0.05, 0) is 45.3 Å². The van der Waals surface area contributed by atoms with Gasteiger partial charge in [0.05, 0.1) is 0 Å². The summed E-state index contributed by atoms with van der Waals surface area (Å²) >= 11 is 9.28. The monoisotopic (exact) mass is 332 g/mol. The van der Waals surface area contributed by atoms with Gasteiger partial charge in [-0.3, -0.25) is 4.79 Å². The molecule has 0 radical (unpaired) electrons. The Hall–Kier alpha value is -0.580. The molecule has 0 atom stereocenters. The second-order valence-electron chi connectivity index (χ2n) is 4.54. The van der Waals surface area contributed by atoms with E-state index in [0.717, 1.165) is 24.0 Å². The predicted molar refractivity (Wildman–Crippen MR) is 79.3 cm³/mol. The molecule has 0 aromatic heterocycles. The molecule has 0 N–H and O–H groups in total. The lowest BCUT2D eigenvalue weighted by Crippen LogP contribution is -2.29. The van der Waals surface area contributed by atoms with Crippen LogP contribution in [0.2, 0.25) is 5.02 Å². The molecule has 0 saturated carbocycles. The van der Waals surface area contributed by atoms with Crippen molar-refractivity contribution in [3.05, 3.63) is 33.3 Å². The Morgan fingerprint density at radius 3 is 2.44 bits per heavy atom. The minimum atomic E-state index is -0.00282. The standard InChI is InChI=1S/C13H18BrClN2O/c1-16(2)5-4-6-17(3)13(18)10-7-11(14)9-12(15)8-10/h7-9H,4-6H2,1-3H3. The summed E-state index contributed by atoms with van der Waals surface area (Å²) in [6, 6.07) is 5.25. The highest BCUT2D eigenvalue weighted by Gasteiger charge is 2.12. The van der Waals surface area contributed by atoms with Crippen molar-refractivity contribution in [2.24, 2.45) is 0 Å². The van der Waals surface area contributed by atoms with E-state index in [4.69, 9.17) is 11.6 Å². The topological polar surface area (TPSA) is 23.6 Å². The van der Waals surface area contributed by atoms with Crippen LogP contribution in [0.15, 0.2) is 22.7 Å². The van der Waals surface area contributed by atoms with E-state index < -0.39 is 0 Å². The van der Waals surface area contributed by atoms with Crippen molar-refractivity contribution in [3.63, 3.8) is 0 Å². The van der Waals surface area contributed by atoms with Gasteiger partial charge in [-0.25, -0.2) is 0 Å². The summed E-state index contributed by atoms with van der Waals surface area (Å²) in [5.41, 5.74) is 0.613. The van der Waals surface area contributed by atoms with Gasteiger partial charge in [0.15, 0.2) is 0 Å². The van der Waals surface area contributed by atoms with Crippen LogP contribution in [0.1, 0.15) is 16.8 Å². The Balaban J connectivity index is 2.62. The van der Waals surface area contributed by atoms with Crippen molar-refractivity contribution in [1.82, 2.24) is 9.80 Å². The molecule has 1 aromatic carbocycles. The van der Waals surface area contributed by atoms with Crippen molar-refractivity contribution in [2.75, 3.05) is 34.2 Å². The zero-order valence-electron chi connectivity index (χ0n) is 10.9. The fourth-order valence-electron chi connectivity index (χ4n) is 1.62. The third-order valence-electron chi connectivity index (χ3n) is 2.56. The van der Waals surface area contributed by atoms with Crippen LogP contribution in [0.4, 0.5) is 0 Å². The van der Waals surface area contributed by atoms with Crippen LogP contribution >= 0.6 is 27.5 Å². The molecule has 0 saturated heterocycles.